The monoisotopic (exact) mass is 447 g/mol. The van der Waals surface area contributed by atoms with E-state index in [0.29, 0.717) is 13.1 Å². The Balaban J connectivity index is 1.14. The van der Waals surface area contributed by atoms with Gasteiger partial charge in [-0.15, -0.1) is 0 Å². The van der Waals surface area contributed by atoms with E-state index in [1.165, 1.54) is 5.56 Å². The molecule has 0 bridgehead atoms. The number of piperidine rings is 1. The number of likely N-dealkylation sites (tertiary alicyclic amines) is 1. The third-order valence-corrected chi connectivity index (χ3v) is 7.55. The van der Waals surface area contributed by atoms with E-state index in [9.17, 15) is 9.59 Å². The Hall–Kier alpha value is -2.70. The van der Waals surface area contributed by atoms with E-state index < -0.39 is 0 Å². The standard InChI is InChI=1S/C26H29N3O2S/c30-25(29-15-13-27(14-16-29)18-20-10-17-32-19-20)22-8-11-28(12-9-22)26(31)24-7-3-5-21-4-1-2-6-23(21)24/h1-7,10,17,19,22H,8-9,11-16,18H2. The number of carbonyl (C=O) groups excluding carboxylic acids is 2. The maximum absolute atomic E-state index is 13.2. The van der Waals surface area contributed by atoms with Gasteiger partial charge in [0.1, 0.15) is 0 Å². The second-order valence-corrected chi connectivity index (χ2v) is 9.61. The largest absolute Gasteiger partial charge is 0.340 e. The number of thiophene rings is 1. The molecule has 0 aliphatic carbocycles. The Morgan fingerprint density at radius 2 is 1.59 bits per heavy atom. The van der Waals surface area contributed by atoms with Crippen molar-refractivity contribution in [1.29, 1.82) is 0 Å². The molecule has 3 heterocycles. The first-order valence-electron chi connectivity index (χ1n) is 11.5. The number of nitrogens with zero attached hydrogens (tertiary/aromatic N) is 3. The van der Waals surface area contributed by atoms with E-state index in [4.69, 9.17) is 0 Å². The van der Waals surface area contributed by atoms with Gasteiger partial charge in [-0.1, -0.05) is 36.4 Å². The fourth-order valence-electron chi connectivity index (χ4n) is 4.94. The summed E-state index contributed by atoms with van der Waals surface area (Å²) in [6, 6.07) is 16.1. The van der Waals surface area contributed by atoms with Crippen LogP contribution in [0.3, 0.4) is 0 Å². The van der Waals surface area contributed by atoms with Crippen LogP contribution in [0.1, 0.15) is 28.8 Å². The summed E-state index contributed by atoms with van der Waals surface area (Å²) >= 11 is 1.73. The zero-order valence-electron chi connectivity index (χ0n) is 18.3. The zero-order chi connectivity index (χ0) is 21.9. The van der Waals surface area contributed by atoms with E-state index in [0.717, 1.165) is 61.9 Å². The van der Waals surface area contributed by atoms with Crippen LogP contribution in [-0.2, 0) is 11.3 Å². The Morgan fingerprint density at radius 3 is 2.34 bits per heavy atom. The maximum atomic E-state index is 13.2. The minimum atomic E-state index is 0.0370. The fourth-order valence-corrected chi connectivity index (χ4v) is 5.60. The predicted molar refractivity (Wildman–Crippen MR) is 129 cm³/mol. The number of rotatable bonds is 4. The summed E-state index contributed by atoms with van der Waals surface area (Å²) < 4.78 is 0. The molecule has 2 amide bonds. The lowest BCUT2D eigenvalue weighted by atomic mass is 9.94. The molecular weight excluding hydrogens is 418 g/mol. The Labute approximate surface area is 193 Å². The number of piperazine rings is 1. The lowest BCUT2D eigenvalue weighted by Gasteiger charge is -2.38. The van der Waals surface area contributed by atoms with Crippen LogP contribution in [0.4, 0.5) is 0 Å². The minimum Gasteiger partial charge on any atom is -0.340 e. The van der Waals surface area contributed by atoms with Crippen LogP contribution in [0.5, 0.6) is 0 Å². The molecule has 2 aliphatic heterocycles. The summed E-state index contributed by atoms with van der Waals surface area (Å²) in [6.45, 7) is 5.74. The summed E-state index contributed by atoms with van der Waals surface area (Å²) in [7, 11) is 0. The first kappa shape index (κ1) is 21.2. The number of benzene rings is 2. The highest BCUT2D eigenvalue weighted by atomic mass is 32.1. The first-order valence-corrected chi connectivity index (χ1v) is 12.4. The highest BCUT2D eigenvalue weighted by Gasteiger charge is 2.32. The number of hydrogen-bond donors (Lipinski definition) is 0. The van der Waals surface area contributed by atoms with Crippen LogP contribution < -0.4 is 0 Å². The second-order valence-electron chi connectivity index (χ2n) is 8.83. The van der Waals surface area contributed by atoms with Crippen molar-refractivity contribution in [2.24, 2.45) is 5.92 Å². The summed E-state index contributed by atoms with van der Waals surface area (Å²) in [5, 5.41) is 6.40. The lowest BCUT2D eigenvalue weighted by Crippen LogP contribution is -2.51. The number of carbonyl (C=O) groups is 2. The summed E-state index contributed by atoms with van der Waals surface area (Å²) in [5.41, 5.74) is 2.12. The van der Waals surface area contributed by atoms with Gasteiger partial charge in [0.25, 0.3) is 5.91 Å². The van der Waals surface area contributed by atoms with Crippen molar-refractivity contribution in [3.05, 3.63) is 70.4 Å². The fraction of sp³-hybridized carbons (Fsp3) is 0.385. The molecule has 166 valence electrons. The van der Waals surface area contributed by atoms with Gasteiger partial charge in [-0.25, -0.2) is 0 Å². The van der Waals surface area contributed by atoms with E-state index in [1.807, 2.05) is 52.3 Å². The second kappa shape index (κ2) is 9.43. The number of fused-ring (bicyclic) bond motifs is 1. The predicted octanol–water partition coefficient (Wildman–Crippen LogP) is 4.10. The molecule has 2 saturated heterocycles. The highest BCUT2D eigenvalue weighted by Crippen LogP contribution is 2.25. The molecule has 5 nitrogen and oxygen atoms in total. The average Bonchev–Trinajstić information content (AvgIpc) is 3.36. The van der Waals surface area contributed by atoms with E-state index >= 15 is 0 Å². The van der Waals surface area contributed by atoms with Gasteiger partial charge in [0.05, 0.1) is 0 Å². The molecule has 0 N–H and O–H groups in total. The Kier molecular flexibility index (Phi) is 6.23. The summed E-state index contributed by atoms with van der Waals surface area (Å²) in [4.78, 5) is 32.7. The quantitative estimate of drug-likeness (QED) is 0.605. The summed E-state index contributed by atoms with van der Waals surface area (Å²) in [5.74, 6) is 0.391. The number of amides is 2. The number of hydrogen-bond acceptors (Lipinski definition) is 4. The molecule has 32 heavy (non-hydrogen) atoms. The van der Waals surface area contributed by atoms with Crippen molar-refractivity contribution in [1.82, 2.24) is 14.7 Å². The van der Waals surface area contributed by atoms with Crippen molar-refractivity contribution in [2.45, 2.75) is 19.4 Å². The van der Waals surface area contributed by atoms with Gasteiger partial charge in [0.2, 0.25) is 5.91 Å². The van der Waals surface area contributed by atoms with Gasteiger partial charge in [0.15, 0.2) is 0 Å². The van der Waals surface area contributed by atoms with Gasteiger partial charge in [0, 0.05) is 57.3 Å². The van der Waals surface area contributed by atoms with Crippen LogP contribution >= 0.6 is 11.3 Å². The van der Waals surface area contributed by atoms with Crippen molar-refractivity contribution in [2.75, 3.05) is 39.3 Å². The third-order valence-electron chi connectivity index (χ3n) is 6.82. The molecule has 3 aromatic rings. The van der Waals surface area contributed by atoms with Gasteiger partial charge >= 0.3 is 0 Å². The van der Waals surface area contributed by atoms with Crippen LogP contribution in [-0.4, -0.2) is 65.8 Å². The minimum absolute atomic E-state index is 0.0370. The Morgan fingerprint density at radius 1 is 0.844 bits per heavy atom. The van der Waals surface area contributed by atoms with Crippen LogP contribution in [0.15, 0.2) is 59.3 Å². The van der Waals surface area contributed by atoms with E-state index in [-0.39, 0.29) is 17.7 Å². The molecular formula is C26H29N3O2S. The average molecular weight is 448 g/mol. The molecule has 0 spiro atoms. The van der Waals surface area contributed by atoms with E-state index in [2.05, 4.69) is 21.7 Å². The normalized spacial score (nSPS) is 18.2. The van der Waals surface area contributed by atoms with Gasteiger partial charge in [-0.3, -0.25) is 14.5 Å². The molecule has 6 heteroatoms. The van der Waals surface area contributed by atoms with Gasteiger partial charge < -0.3 is 9.80 Å². The van der Waals surface area contributed by atoms with Crippen molar-refractivity contribution < 1.29 is 9.59 Å². The summed E-state index contributed by atoms with van der Waals surface area (Å²) in [6.07, 6.45) is 1.51. The van der Waals surface area contributed by atoms with Crippen LogP contribution in [0, 0.1) is 5.92 Å². The van der Waals surface area contributed by atoms with Gasteiger partial charge in [-0.2, -0.15) is 11.3 Å². The highest BCUT2D eigenvalue weighted by molar-refractivity contribution is 7.07. The molecule has 2 aromatic carbocycles. The topological polar surface area (TPSA) is 43.9 Å². The third kappa shape index (κ3) is 4.43. The molecule has 0 atom stereocenters. The lowest BCUT2D eigenvalue weighted by molar-refractivity contribution is -0.138. The molecule has 0 saturated carbocycles. The molecule has 2 fully saturated rings. The van der Waals surface area contributed by atoms with Crippen LogP contribution in [0.25, 0.3) is 10.8 Å². The van der Waals surface area contributed by atoms with Crippen molar-refractivity contribution in [3.8, 4) is 0 Å². The molecule has 1 aromatic heterocycles. The molecule has 0 radical (unpaired) electrons. The first-order chi connectivity index (χ1) is 15.7. The van der Waals surface area contributed by atoms with Crippen LogP contribution in [0.2, 0.25) is 0 Å². The zero-order valence-corrected chi connectivity index (χ0v) is 19.1. The van der Waals surface area contributed by atoms with Crippen molar-refractivity contribution >= 4 is 33.9 Å². The SMILES string of the molecule is O=C(c1cccc2ccccc12)N1CCC(C(=O)N2CCN(Cc3ccsc3)CC2)CC1. The maximum Gasteiger partial charge on any atom is 0.254 e. The smallest absolute Gasteiger partial charge is 0.254 e. The molecule has 0 unspecified atom stereocenters. The van der Waals surface area contributed by atoms with E-state index in [1.54, 1.807) is 11.3 Å². The van der Waals surface area contributed by atoms with Gasteiger partial charge in [-0.05, 0) is 52.1 Å². The van der Waals surface area contributed by atoms with Crippen molar-refractivity contribution in [3.63, 3.8) is 0 Å². The molecule has 2 aliphatic rings. The Bertz CT molecular complexity index is 1080. The molecule has 5 rings (SSSR count).